The first kappa shape index (κ1) is 13.8. The Morgan fingerprint density at radius 1 is 1.29 bits per heavy atom. The molecule has 3 rings (SSSR count). The molecule has 108 valence electrons. The first-order chi connectivity index (χ1) is 10.1. The number of thiophene rings is 1. The Balaban J connectivity index is 1.82. The number of hydrogen-bond acceptors (Lipinski definition) is 3. The summed E-state index contributed by atoms with van der Waals surface area (Å²) in [5, 5.41) is 13.3. The number of amides is 1. The molecule has 0 radical (unpaired) electrons. The molecule has 0 saturated heterocycles. The van der Waals surface area contributed by atoms with Crippen molar-refractivity contribution in [3.05, 3.63) is 57.8 Å². The van der Waals surface area contributed by atoms with Crippen LogP contribution >= 0.6 is 11.3 Å². The number of nitrogens with zero attached hydrogens (tertiary/aromatic N) is 1. The molecular formula is C16H15NO3S. The van der Waals surface area contributed by atoms with Gasteiger partial charge in [0, 0.05) is 13.1 Å². The molecule has 0 aliphatic carbocycles. The largest absolute Gasteiger partial charge is 0.481 e. The van der Waals surface area contributed by atoms with E-state index in [0.717, 1.165) is 16.7 Å². The molecule has 1 atom stereocenters. The zero-order chi connectivity index (χ0) is 14.8. The van der Waals surface area contributed by atoms with E-state index in [0.29, 0.717) is 13.0 Å². The van der Waals surface area contributed by atoms with E-state index < -0.39 is 11.9 Å². The van der Waals surface area contributed by atoms with Crippen molar-refractivity contribution < 1.29 is 14.7 Å². The van der Waals surface area contributed by atoms with Crippen LogP contribution in [-0.4, -0.2) is 28.4 Å². The van der Waals surface area contributed by atoms with Gasteiger partial charge in [0.15, 0.2) is 0 Å². The standard InChI is InChI=1S/C16H15NO3S/c18-15(7-11-5-6-21-10-11)17-8-12-3-1-2-4-13(12)14(9-17)16(19)20/h1-6,10,14H,7-9H2,(H,19,20). The van der Waals surface area contributed by atoms with E-state index in [2.05, 4.69) is 0 Å². The van der Waals surface area contributed by atoms with E-state index in [1.165, 1.54) is 0 Å². The molecule has 0 bridgehead atoms. The van der Waals surface area contributed by atoms with Crippen molar-refractivity contribution in [2.24, 2.45) is 0 Å². The molecule has 0 spiro atoms. The maximum atomic E-state index is 12.4. The molecule has 5 heteroatoms. The summed E-state index contributed by atoms with van der Waals surface area (Å²) in [6.45, 7) is 0.734. The fourth-order valence-electron chi connectivity index (χ4n) is 2.69. The van der Waals surface area contributed by atoms with Gasteiger partial charge >= 0.3 is 5.97 Å². The monoisotopic (exact) mass is 301 g/mol. The van der Waals surface area contributed by atoms with E-state index in [4.69, 9.17) is 0 Å². The third kappa shape index (κ3) is 2.83. The molecule has 0 fully saturated rings. The van der Waals surface area contributed by atoms with E-state index in [1.54, 1.807) is 16.2 Å². The van der Waals surface area contributed by atoms with Crippen molar-refractivity contribution in [1.82, 2.24) is 4.90 Å². The number of benzene rings is 1. The fourth-order valence-corrected chi connectivity index (χ4v) is 3.36. The number of aliphatic carboxylic acids is 1. The van der Waals surface area contributed by atoms with Gasteiger partial charge in [-0.05, 0) is 33.5 Å². The zero-order valence-corrected chi connectivity index (χ0v) is 12.2. The van der Waals surface area contributed by atoms with Gasteiger partial charge in [-0.25, -0.2) is 0 Å². The van der Waals surface area contributed by atoms with Gasteiger partial charge in [-0.3, -0.25) is 9.59 Å². The predicted octanol–water partition coefficient (Wildman–Crippen LogP) is 2.50. The van der Waals surface area contributed by atoms with Crippen LogP contribution in [0.2, 0.25) is 0 Å². The lowest BCUT2D eigenvalue weighted by molar-refractivity contribution is -0.141. The molecule has 21 heavy (non-hydrogen) atoms. The molecular weight excluding hydrogens is 286 g/mol. The maximum absolute atomic E-state index is 12.4. The van der Waals surface area contributed by atoms with Crippen molar-refractivity contribution in [2.45, 2.75) is 18.9 Å². The Kier molecular flexibility index (Phi) is 3.75. The third-order valence-electron chi connectivity index (χ3n) is 3.78. The zero-order valence-electron chi connectivity index (χ0n) is 11.4. The van der Waals surface area contributed by atoms with Crippen LogP contribution in [0.25, 0.3) is 0 Å². The molecule has 1 unspecified atom stereocenters. The Hall–Kier alpha value is -2.14. The van der Waals surface area contributed by atoms with Crippen LogP contribution in [0.4, 0.5) is 0 Å². The van der Waals surface area contributed by atoms with E-state index in [1.807, 2.05) is 41.1 Å². The molecule has 1 aromatic carbocycles. The number of carbonyl (C=O) groups is 2. The van der Waals surface area contributed by atoms with Crippen LogP contribution in [0.1, 0.15) is 22.6 Å². The Bertz CT molecular complexity index is 666. The molecule has 1 amide bonds. The SMILES string of the molecule is O=C(O)C1CN(C(=O)Cc2ccsc2)Cc2ccccc21. The minimum Gasteiger partial charge on any atom is -0.481 e. The van der Waals surface area contributed by atoms with Crippen LogP contribution in [0.5, 0.6) is 0 Å². The minimum absolute atomic E-state index is 0.0193. The highest BCUT2D eigenvalue weighted by atomic mass is 32.1. The Morgan fingerprint density at radius 3 is 2.81 bits per heavy atom. The molecule has 0 saturated carbocycles. The first-order valence-corrected chi connectivity index (χ1v) is 7.69. The van der Waals surface area contributed by atoms with Crippen molar-refractivity contribution in [1.29, 1.82) is 0 Å². The second-order valence-electron chi connectivity index (χ2n) is 5.17. The molecule has 2 heterocycles. The van der Waals surface area contributed by atoms with Crippen LogP contribution in [-0.2, 0) is 22.6 Å². The highest BCUT2D eigenvalue weighted by Crippen LogP contribution is 2.28. The topological polar surface area (TPSA) is 57.6 Å². The lowest BCUT2D eigenvalue weighted by Crippen LogP contribution is -2.41. The first-order valence-electron chi connectivity index (χ1n) is 6.74. The van der Waals surface area contributed by atoms with Crippen molar-refractivity contribution in [2.75, 3.05) is 6.54 Å². The van der Waals surface area contributed by atoms with Gasteiger partial charge in [0.25, 0.3) is 0 Å². The number of rotatable bonds is 3. The number of fused-ring (bicyclic) bond motifs is 1. The van der Waals surface area contributed by atoms with Crippen LogP contribution < -0.4 is 0 Å². The molecule has 2 aromatic rings. The normalized spacial score (nSPS) is 17.3. The lowest BCUT2D eigenvalue weighted by Gasteiger charge is -2.32. The predicted molar refractivity (Wildman–Crippen MR) is 80.3 cm³/mol. The number of carbonyl (C=O) groups excluding carboxylic acids is 1. The van der Waals surface area contributed by atoms with Gasteiger partial charge in [-0.15, -0.1) is 0 Å². The van der Waals surface area contributed by atoms with Gasteiger partial charge in [-0.2, -0.15) is 11.3 Å². The van der Waals surface area contributed by atoms with Gasteiger partial charge in [0.05, 0.1) is 12.3 Å². The van der Waals surface area contributed by atoms with Gasteiger partial charge in [-0.1, -0.05) is 24.3 Å². The maximum Gasteiger partial charge on any atom is 0.312 e. The average Bonchev–Trinajstić information content (AvgIpc) is 2.98. The molecule has 1 aromatic heterocycles. The summed E-state index contributed by atoms with van der Waals surface area (Å²) in [5.74, 6) is -1.54. The van der Waals surface area contributed by atoms with Crippen molar-refractivity contribution in [3.63, 3.8) is 0 Å². The summed E-state index contributed by atoms with van der Waals surface area (Å²) in [6, 6.07) is 9.39. The third-order valence-corrected chi connectivity index (χ3v) is 4.51. The summed E-state index contributed by atoms with van der Waals surface area (Å²) in [5.41, 5.74) is 2.73. The van der Waals surface area contributed by atoms with Crippen molar-refractivity contribution in [3.8, 4) is 0 Å². The molecule has 1 aliphatic heterocycles. The number of hydrogen-bond donors (Lipinski definition) is 1. The fraction of sp³-hybridized carbons (Fsp3) is 0.250. The average molecular weight is 301 g/mol. The summed E-state index contributed by atoms with van der Waals surface area (Å²) in [4.78, 5) is 25.5. The van der Waals surface area contributed by atoms with Crippen LogP contribution in [0, 0.1) is 0 Å². The second-order valence-corrected chi connectivity index (χ2v) is 5.95. The Morgan fingerprint density at radius 2 is 2.10 bits per heavy atom. The molecule has 4 nitrogen and oxygen atoms in total. The van der Waals surface area contributed by atoms with E-state index in [9.17, 15) is 14.7 Å². The second kappa shape index (κ2) is 5.69. The van der Waals surface area contributed by atoms with Crippen LogP contribution in [0.3, 0.4) is 0 Å². The minimum atomic E-state index is -0.879. The van der Waals surface area contributed by atoms with Gasteiger partial charge in [0.2, 0.25) is 5.91 Å². The van der Waals surface area contributed by atoms with E-state index >= 15 is 0 Å². The lowest BCUT2D eigenvalue weighted by atomic mass is 9.89. The molecule has 1 N–H and O–H groups in total. The van der Waals surface area contributed by atoms with Crippen LogP contribution in [0.15, 0.2) is 41.1 Å². The summed E-state index contributed by atoms with van der Waals surface area (Å²) in [7, 11) is 0. The summed E-state index contributed by atoms with van der Waals surface area (Å²) in [6.07, 6.45) is 0.331. The number of carboxylic acid groups (broad SMARTS) is 1. The highest BCUT2D eigenvalue weighted by molar-refractivity contribution is 7.08. The van der Waals surface area contributed by atoms with Crippen molar-refractivity contribution >= 4 is 23.2 Å². The summed E-state index contributed by atoms with van der Waals surface area (Å²) >= 11 is 1.56. The molecule has 1 aliphatic rings. The van der Waals surface area contributed by atoms with Gasteiger partial charge < -0.3 is 10.0 Å². The highest BCUT2D eigenvalue weighted by Gasteiger charge is 2.32. The van der Waals surface area contributed by atoms with Gasteiger partial charge in [0.1, 0.15) is 0 Å². The Labute approximate surface area is 126 Å². The smallest absolute Gasteiger partial charge is 0.312 e. The number of carboxylic acids is 1. The quantitative estimate of drug-likeness (QED) is 0.947. The van der Waals surface area contributed by atoms with E-state index in [-0.39, 0.29) is 12.5 Å². The summed E-state index contributed by atoms with van der Waals surface area (Å²) < 4.78 is 0.